The maximum atomic E-state index is 12.2. The van der Waals surface area contributed by atoms with E-state index in [0.717, 1.165) is 29.3 Å². The van der Waals surface area contributed by atoms with Crippen LogP contribution in [0.15, 0.2) is 36.5 Å². The Bertz CT molecular complexity index is 617. The molecule has 1 fully saturated rings. The van der Waals surface area contributed by atoms with Gasteiger partial charge in [-0.15, -0.1) is 0 Å². The molecule has 2 aromatic rings. The van der Waals surface area contributed by atoms with E-state index in [-0.39, 0.29) is 11.8 Å². The van der Waals surface area contributed by atoms with Gasteiger partial charge in [0.15, 0.2) is 0 Å². The van der Waals surface area contributed by atoms with Gasteiger partial charge in [0.05, 0.1) is 11.4 Å². The summed E-state index contributed by atoms with van der Waals surface area (Å²) < 4.78 is 0. The fourth-order valence-electron chi connectivity index (χ4n) is 2.43. The minimum Gasteiger partial charge on any atom is -0.353 e. The molecule has 1 aromatic carbocycles. The number of hydrogen-bond donors (Lipinski definition) is 2. The molecule has 0 saturated heterocycles. The van der Waals surface area contributed by atoms with E-state index < -0.39 is 0 Å². The van der Waals surface area contributed by atoms with Gasteiger partial charge in [0.2, 0.25) is 5.91 Å². The predicted octanol–water partition coefficient (Wildman–Crippen LogP) is 1.63. The van der Waals surface area contributed by atoms with Crippen LogP contribution in [-0.2, 0) is 11.2 Å². The van der Waals surface area contributed by atoms with Crippen LogP contribution in [0.3, 0.4) is 0 Å². The number of nitrogens with one attached hydrogen (secondary N) is 1. The highest BCUT2D eigenvalue weighted by Gasteiger charge is 2.27. The van der Waals surface area contributed by atoms with Gasteiger partial charge >= 0.3 is 0 Å². The van der Waals surface area contributed by atoms with Gasteiger partial charge < -0.3 is 11.1 Å². The Morgan fingerprint density at radius 1 is 1.35 bits per heavy atom. The lowest BCUT2D eigenvalue weighted by atomic mass is 9.96. The van der Waals surface area contributed by atoms with Gasteiger partial charge in [-0.3, -0.25) is 9.78 Å². The van der Waals surface area contributed by atoms with E-state index in [1.165, 1.54) is 0 Å². The zero-order valence-electron chi connectivity index (χ0n) is 11.4. The molecule has 4 heteroatoms. The first-order valence-corrected chi connectivity index (χ1v) is 7.11. The lowest BCUT2D eigenvalue weighted by Crippen LogP contribution is -2.37. The summed E-state index contributed by atoms with van der Waals surface area (Å²) in [6.45, 7) is 0.363. The van der Waals surface area contributed by atoms with E-state index in [1.807, 2.05) is 30.3 Å². The van der Waals surface area contributed by atoms with Crippen LogP contribution in [-0.4, -0.2) is 23.5 Å². The quantitative estimate of drug-likeness (QED) is 0.867. The summed E-state index contributed by atoms with van der Waals surface area (Å²) in [5.41, 5.74) is 7.83. The average molecular weight is 269 g/mol. The van der Waals surface area contributed by atoms with Crippen LogP contribution in [0.1, 0.15) is 18.4 Å². The highest BCUT2D eigenvalue weighted by atomic mass is 16.2. The molecule has 1 aliphatic rings. The van der Waals surface area contributed by atoms with Crippen LogP contribution < -0.4 is 11.1 Å². The van der Waals surface area contributed by atoms with Crippen LogP contribution in [0.4, 0.5) is 0 Å². The van der Waals surface area contributed by atoms with Crippen LogP contribution in [0.5, 0.6) is 0 Å². The smallest absolute Gasteiger partial charge is 0.224 e. The van der Waals surface area contributed by atoms with E-state index in [9.17, 15) is 4.79 Å². The third-order valence-corrected chi connectivity index (χ3v) is 3.76. The summed E-state index contributed by atoms with van der Waals surface area (Å²) in [4.78, 5) is 16.6. The number of aromatic nitrogens is 1. The van der Waals surface area contributed by atoms with E-state index >= 15 is 0 Å². The number of rotatable bonds is 5. The molecule has 0 aliphatic heterocycles. The molecule has 1 aromatic heterocycles. The lowest BCUT2D eigenvalue weighted by Gasteiger charge is -2.15. The molecule has 1 atom stereocenters. The Labute approximate surface area is 118 Å². The number of amides is 1. The normalized spacial score (nSPS) is 16.1. The third kappa shape index (κ3) is 2.80. The number of carbonyl (C=O) groups excluding carboxylic acids is 1. The fraction of sp³-hybridized carbons (Fsp3) is 0.375. The summed E-state index contributed by atoms with van der Waals surface area (Å²) >= 11 is 0. The highest BCUT2D eigenvalue weighted by Crippen LogP contribution is 2.22. The van der Waals surface area contributed by atoms with Crippen molar-refractivity contribution < 1.29 is 4.79 Å². The molecule has 3 N–H and O–H groups in total. The molecule has 0 bridgehead atoms. The Kier molecular flexibility index (Phi) is 3.65. The second-order valence-corrected chi connectivity index (χ2v) is 5.41. The van der Waals surface area contributed by atoms with Gasteiger partial charge in [-0.1, -0.05) is 24.3 Å². The minimum absolute atomic E-state index is 0.0722. The number of pyridine rings is 1. The molecule has 4 nitrogen and oxygen atoms in total. The zero-order valence-corrected chi connectivity index (χ0v) is 11.4. The second kappa shape index (κ2) is 5.59. The molecule has 20 heavy (non-hydrogen) atoms. The SMILES string of the molecule is NCC(Cc1cccc2cccnc12)C(=O)NC1CC1. The minimum atomic E-state index is -0.178. The molecule has 1 heterocycles. The second-order valence-electron chi connectivity index (χ2n) is 5.41. The van der Waals surface area contributed by atoms with Gasteiger partial charge in [0, 0.05) is 24.2 Å². The number of fused-ring (bicyclic) bond motifs is 1. The van der Waals surface area contributed by atoms with Crippen LogP contribution in [0.25, 0.3) is 10.9 Å². The Balaban J connectivity index is 1.81. The topological polar surface area (TPSA) is 68.0 Å². The molecule has 1 aliphatic carbocycles. The number of carbonyl (C=O) groups is 1. The number of nitrogens with zero attached hydrogens (tertiary/aromatic N) is 1. The number of benzene rings is 1. The Hall–Kier alpha value is -1.94. The maximum absolute atomic E-state index is 12.2. The average Bonchev–Trinajstić information content (AvgIpc) is 3.28. The van der Waals surface area contributed by atoms with E-state index in [0.29, 0.717) is 19.0 Å². The lowest BCUT2D eigenvalue weighted by molar-refractivity contribution is -0.124. The largest absolute Gasteiger partial charge is 0.353 e. The number of hydrogen-bond acceptors (Lipinski definition) is 3. The van der Waals surface area contributed by atoms with E-state index in [2.05, 4.69) is 10.3 Å². The van der Waals surface area contributed by atoms with Crippen LogP contribution >= 0.6 is 0 Å². The number of para-hydroxylation sites is 1. The molecule has 0 radical (unpaired) electrons. The van der Waals surface area contributed by atoms with Gasteiger partial charge in [-0.05, 0) is 30.9 Å². The van der Waals surface area contributed by atoms with Crippen LogP contribution in [0, 0.1) is 5.92 Å². The predicted molar refractivity (Wildman–Crippen MR) is 79.2 cm³/mol. The van der Waals surface area contributed by atoms with Crippen molar-refractivity contribution in [3.05, 3.63) is 42.1 Å². The van der Waals surface area contributed by atoms with Gasteiger partial charge in [0.1, 0.15) is 0 Å². The standard InChI is InChI=1S/C16H19N3O/c17-10-13(16(20)19-14-6-7-14)9-12-4-1-3-11-5-2-8-18-15(11)12/h1-5,8,13-14H,6-7,9-10,17H2,(H,19,20). The first kappa shape index (κ1) is 13.1. The van der Waals surface area contributed by atoms with E-state index in [1.54, 1.807) is 6.20 Å². The fourth-order valence-corrected chi connectivity index (χ4v) is 2.43. The third-order valence-electron chi connectivity index (χ3n) is 3.76. The number of nitrogens with two attached hydrogens (primary N) is 1. The molecule has 1 saturated carbocycles. The summed E-state index contributed by atoms with van der Waals surface area (Å²) in [5.74, 6) is -0.105. The summed E-state index contributed by atoms with van der Waals surface area (Å²) in [6, 6.07) is 10.4. The molecule has 0 spiro atoms. The zero-order chi connectivity index (χ0) is 13.9. The van der Waals surface area contributed by atoms with Crippen molar-refractivity contribution in [2.24, 2.45) is 11.7 Å². The van der Waals surface area contributed by atoms with Crippen molar-refractivity contribution in [2.45, 2.75) is 25.3 Å². The molecule has 104 valence electrons. The van der Waals surface area contributed by atoms with Crippen molar-refractivity contribution >= 4 is 16.8 Å². The van der Waals surface area contributed by atoms with Crippen molar-refractivity contribution in [2.75, 3.05) is 6.54 Å². The highest BCUT2D eigenvalue weighted by molar-refractivity contribution is 5.84. The monoisotopic (exact) mass is 269 g/mol. The van der Waals surface area contributed by atoms with E-state index in [4.69, 9.17) is 5.73 Å². The molecular weight excluding hydrogens is 250 g/mol. The van der Waals surface area contributed by atoms with Crippen LogP contribution in [0.2, 0.25) is 0 Å². The Morgan fingerprint density at radius 3 is 2.90 bits per heavy atom. The molecular formula is C16H19N3O. The Morgan fingerprint density at radius 2 is 2.15 bits per heavy atom. The summed E-state index contributed by atoms with van der Waals surface area (Å²) in [6.07, 6.45) is 4.62. The van der Waals surface area contributed by atoms with Crippen molar-refractivity contribution in [3.8, 4) is 0 Å². The first-order chi connectivity index (χ1) is 9.78. The van der Waals surface area contributed by atoms with Crippen molar-refractivity contribution in [3.63, 3.8) is 0 Å². The van der Waals surface area contributed by atoms with Crippen molar-refractivity contribution in [1.29, 1.82) is 0 Å². The summed E-state index contributed by atoms with van der Waals surface area (Å²) in [7, 11) is 0. The summed E-state index contributed by atoms with van der Waals surface area (Å²) in [5, 5.41) is 4.13. The maximum Gasteiger partial charge on any atom is 0.224 e. The van der Waals surface area contributed by atoms with Gasteiger partial charge in [-0.25, -0.2) is 0 Å². The first-order valence-electron chi connectivity index (χ1n) is 7.11. The van der Waals surface area contributed by atoms with Crippen molar-refractivity contribution in [1.82, 2.24) is 10.3 Å². The van der Waals surface area contributed by atoms with Gasteiger partial charge in [0.25, 0.3) is 0 Å². The molecule has 1 unspecified atom stereocenters. The molecule has 3 rings (SSSR count). The molecule has 1 amide bonds. The van der Waals surface area contributed by atoms with Gasteiger partial charge in [-0.2, -0.15) is 0 Å².